The van der Waals surface area contributed by atoms with Gasteiger partial charge in [0.15, 0.2) is 0 Å². The van der Waals surface area contributed by atoms with Crippen molar-refractivity contribution < 1.29 is 4.79 Å². The van der Waals surface area contributed by atoms with Gasteiger partial charge in [-0.15, -0.1) is 0 Å². The normalized spacial score (nSPS) is 17.0. The van der Waals surface area contributed by atoms with Crippen LogP contribution in [0.5, 0.6) is 0 Å². The zero-order chi connectivity index (χ0) is 17.2. The van der Waals surface area contributed by atoms with Crippen molar-refractivity contribution in [3.8, 4) is 11.1 Å². The second kappa shape index (κ2) is 6.51. The average molecular weight is 332 g/mol. The number of carbonyl (C=O) groups is 1. The molecule has 1 aliphatic rings. The van der Waals surface area contributed by atoms with E-state index in [1.54, 1.807) is 0 Å². The fourth-order valence-corrected chi connectivity index (χ4v) is 3.53. The van der Waals surface area contributed by atoms with Gasteiger partial charge in [-0.25, -0.2) is 4.98 Å². The second-order valence-electron chi connectivity index (χ2n) is 6.47. The number of nitrogens with zero attached hydrogens (tertiary/aromatic N) is 3. The third-order valence-electron chi connectivity index (χ3n) is 4.89. The van der Waals surface area contributed by atoms with Crippen LogP contribution in [0, 0.1) is 6.92 Å². The molecular formula is C20H20N4O. The Kier molecular flexibility index (Phi) is 4.06. The van der Waals surface area contributed by atoms with E-state index in [0.29, 0.717) is 6.54 Å². The third-order valence-corrected chi connectivity index (χ3v) is 4.89. The summed E-state index contributed by atoms with van der Waals surface area (Å²) in [5.41, 5.74) is 4.03. The third kappa shape index (κ3) is 2.93. The monoisotopic (exact) mass is 332 g/mol. The van der Waals surface area contributed by atoms with Gasteiger partial charge in [-0.05, 0) is 36.1 Å². The van der Waals surface area contributed by atoms with Crippen molar-refractivity contribution in [3.63, 3.8) is 0 Å². The summed E-state index contributed by atoms with van der Waals surface area (Å²) in [6.45, 7) is 3.49. The quantitative estimate of drug-likeness (QED) is 0.799. The molecule has 1 unspecified atom stereocenters. The largest absolute Gasteiger partial charge is 0.338 e. The predicted octanol–water partition coefficient (Wildman–Crippen LogP) is 3.41. The number of likely N-dealkylation sites (tertiary alicyclic amines) is 1. The molecule has 1 N–H and O–H groups in total. The highest BCUT2D eigenvalue weighted by molar-refractivity contribution is 6.01. The minimum absolute atomic E-state index is 0.0841. The first-order valence-electron chi connectivity index (χ1n) is 8.53. The Balaban J connectivity index is 1.63. The molecule has 1 atom stereocenters. The van der Waals surface area contributed by atoms with Crippen LogP contribution in [0.4, 0.5) is 0 Å². The minimum atomic E-state index is 0.0841. The van der Waals surface area contributed by atoms with Crippen LogP contribution in [0.2, 0.25) is 0 Å². The molecular weight excluding hydrogens is 312 g/mol. The molecule has 1 saturated heterocycles. The summed E-state index contributed by atoms with van der Waals surface area (Å²) in [7, 11) is 0. The molecule has 5 heteroatoms. The molecule has 126 valence electrons. The molecule has 2 aromatic carbocycles. The van der Waals surface area contributed by atoms with E-state index in [0.717, 1.165) is 35.5 Å². The first-order valence-corrected chi connectivity index (χ1v) is 8.53. The predicted molar refractivity (Wildman–Crippen MR) is 96.3 cm³/mol. The number of aryl methyl sites for hydroxylation is 1. The fraction of sp³-hybridized carbons (Fsp3) is 0.250. The molecule has 4 rings (SSSR count). The van der Waals surface area contributed by atoms with Crippen LogP contribution in [0.1, 0.15) is 34.1 Å². The van der Waals surface area contributed by atoms with Gasteiger partial charge in [-0.2, -0.15) is 5.10 Å². The van der Waals surface area contributed by atoms with Gasteiger partial charge in [0.2, 0.25) is 0 Å². The van der Waals surface area contributed by atoms with E-state index in [-0.39, 0.29) is 11.8 Å². The van der Waals surface area contributed by atoms with E-state index in [1.165, 1.54) is 11.9 Å². The van der Waals surface area contributed by atoms with Crippen LogP contribution >= 0.6 is 0 Å². The van der Waals surface area contributed by atoms with Gasteiger partial charge >= 0.3 is 0 Å². The molecule has 25 heavy (non-hydrogen) atoms. The van der Waals surface area contributed by atoms with Gasteiger partial charge < -0.3 is 4.90 Å². The summed E-state index contributed by atoms with van der Waals surface area (Å²) >= 11 is 0. The standard InChI is InChI=1S/C20H20N4O/c1-14-6-2-3-7-16(14)17-8-4-5-9-18(17)20(25)24-11-10-15(12-24)19-21-13-22-23-19/h2-9,13,15H,10-12H2,1H3,(H,21,22,23). The van der Waals surface area contributed by atoms with Crippen LogP contribution in [0.25, 0.3) is 11.1 Å². The average Bonchev–Trinajstić information content (AvgIpc) is 3.33. The van der Waals surface area contributed by atoms with E-state index in [9.17, 15) is 4.79 Å². The molecule has 3 aromatic rings. The lowest BCUT2D eigenvalue weighted by atomic mass is 9.95. The van der Waals surface area contributed by atoms with Crippen LogP contribution in [-0.4, -0.2) is 39.1 Å². The number of H-pyrrole nitrogens is 1. The second-order valence-corrected chi connectivity index (χ2v) is 6.47. The zero-order valence-corrected chi connectivity index (χ0v) is 14.1. The number of carbonyl (C=O) groups excluding carboxylic acids is 1. The van der Waals surface area contributed by atoms with Crippen molar-refractivity contribution in [3.05, 3.63) is 71.8 Å². The smallest absolute Gasteiger partial charge is 0.254 e. The van der Waals surface area contributed by atoms with Gasteiger partial charge in [0.05, 0.1) is 0 Å². The first-order chi connectivity index (χ1) is 12.2. The Morgan fingerprint density at radius 2 is 1.88 bits per heavy atom. The van der Waals surface area contributed by atoms with Crippen molar-refractivity contribution in [1.29, 1.82) is 0 Å². The number of benzene rings is 2. The van der Waals surface area contributed by atoms with Crippen LogP contribution in [0.15, 0.2) is 54.9 Å². The lowest BCUT2D eigenvalue weighted by Crippen LogP contribution is -2.29. The number of rotatable bonds is 3. The molecule has 1 amide bonds. The molecule has 0 bridgehead atoms. The Hall–Kier alpha value is -2.95. The maximum absolute atomic E-state index is 13.1. The van der Waals surface area contributed by atoms with Gasteiger partial charge in [-0.3, -0.25) is 9.89 Å². The van der Waals surface area contributed by atoms with Crippen molar-refractivity contribution in [2.24, 2.45) is 0 Å². The number of aromatic amines is 1. The Bertz CT molecular complexity index is 888. The first kappa shape index (κ1) is 15.6. The lowest BCUT2D eigenvalue weighted by Gasteiger charge is -2.19. The number of hydrogen-bond acceptors (Lipinski definition) is 3. The summed E-state index contributed by atoms with van der Waals surface area (Å²) in [6.07, 6.45) is 2.43. The number of amides is 1. The maximum Gasteiger partial charge on any atom is 0.254 e. The van der Waals surface area contributed by atoms with Gasteiger partial charge in [0.1, 0.15) is 12.2 Å². The van der Waals surface area contributed by atoms with Crippen LogP contribution in [-0.2, 0) is 0 Å². The molecule has 0 spiro atoms. The van der Waals surface area contributed by atoms with E-state index >= 15 is 0 Å². The highest BCUT2D eigenvalue weighted by Gasteiger charge is 2.30. The number of nitrogens with one attached hydrogen (secondary N) is 1. The van der Waals surface area contributed by atoms with Crippen molar-refractivity contribution >= 4 is 5.91 Å². The summed E-state index contributed by atoms with van der Waals surface area (Å²) in [4.78, 5) is 19.3. The maximum atomic E-state index is 13.1. The Morgan fingerprint density at radius 1 is 1.12 bits per heavy atom. The highest BCUT2D eigenvalue weighted by Crippen LogP contribution is 2.30. The zero-order valence-electron chi connectivity index (χ0n) is 14.1. The SMILES string of the molecule is Cc1ccccc1-c1ccccc1C(=O)N1CCC(c2ncn[nH]2)C1. The molecule has 0 saturated carbocycles. The van der Waals surface area contributed by atoms with Crippen LogP contribution in [0.3, 0.4) is 0 Å². The molecule has 2 heterocycles. The van der Waals surface area contributed by atoms with E-state index in [1.807, 2.05) is 41.3 Å². The summed E-state index contributed by atoms with van der Waals surface area (Å²) < 4.78 is 0. The number of aromatic nitrogens is 3. The minimum Gasteiger partial charge on any atom is -0.338 e. The van der Waals surface area contributed by atoms with Crippen molar-refractivity contribution in [1.82, 2.24) is 20.1 Å². The molecule has 1 aromatic heterocycles. The summed E-state index contributed by atoms with van der Waals surface area (Å²) in [5.74, 6) is 1.18. The highest BCUT2D eigenvalue weighted by atomic mass is 16.2. The van der Waals surface area contributed by atoms with Crippen molar-refractivity contribution in [2.45, 2.75) is 19.3 Å². The van der Waals surface area contributed by atoms with E-state index in [2.05, 4.69) is 34.2 Å². The lowest BCUT2D eigenvalue weighted by molar-refractivity contribution is 0.0791. The van der Waals surface area contributed by atoms with Crippen molar-refractivity contribution in [2.75, 3.05) is 13.1 Å². The molecule has 0 radical (unpaired) electrons. The molecule has 5 nitrogen and oxygen atoms in total. The molecule has 0 aliphatic carbocycles. The van der Waals surface area contributed by atoms with E-state index < -0.39 is 0 Å². The van der Waals surface area contributed by atoms with Gasteiger partial charge in [0.25, 0.3) is 5.91 Å². The van der Waals surface area contributed by atoms with Gasteiger partial charge in [0, 0.05) is 24.6 Å². The van der Waals surface area contributed by atoms with Crippen LogP contribution < -0.4 is 0 Å². The Labute approximate surface area is 146 Å². The number of hydrogen-bond donors (Lipinski definition) is 1. The molecule has 1 fully saturated rings. The fourth-order valence-electron chi connectivity index (χ4n) is 3.53. The summed E-state index contributed by atoms with van der Waals surface area (Å²) in [5, 5.41) is 6.84. The summed E-state index contributed by atoms with van der Waals surface area (Å²) in [6, 6.07) is 16.0. The van der Waals surface area contributed by atoms with Gasteiger partial charge in [-0.1, -0.05) is 42.5 Å². The topological polar surface area (TPSA) is 61.9 Å². The van der Waals surface area contributed by atoms with E-state index in [4.69, 9.17) is 0 Å². The Morgan fingerprint density at radius 3 is 2.64 bits per heavy atom. The molecule has 1 aliphatic heterocycles.